The van der Waals surface area contributed by atoms with Gasteiger partial charge in [0.05, 0.1) is 0 Å². The average molecular weight is 233 g/mol. The van der Waals surface area contributed by atoms with E-state index in [1.807, 2.05) is 6.92 Å². The van der Waals surface area contributed by atoms with Crippen LogP contribution in [0.1, 0.15) is 5.69 Å². The fourth-order valence-corrected chi connectivity index (χ4v) is 0.930. The van der Waals surface area contributed by atoms with Crippen LogP contribution in [-0.4, -0.2) is 19.9 Å². The van der Waals surface area contributed by atoms with Gasteiger partial charge in [-0.1, -0.05) is 6.07 Å². The summed E-state index contributed by atoms with van der Waals surface area (Å²) in [6, 6.07) is 6.36. The molecule has 2 rings (SSSR count). The van der Waals surface area contributed by atoms with Crippen LogP contribution in [0, 0.1) is 17.0 Å². The van der Waals surface area contributed by atoms with Crippen molar-refractivity contribution in [2.24, 2.45) is 0 Å². The summed E-state index contributed by atoms with van der Waals surface area (Å²) in [6.45, 7) is 1.87. The molecule has 0 radical (unpaired) electrons. The van der Waals surface area contributed by atoms with E-state index in [1.54, 1.807) is 24.4 Å². The van der Waals surface area contributed by atoms with Gasteiger partial charge in [0, 0.05) is 18.0 Å². The van der Waals surface area contributed by atoms with Crippen LogP contribution >= 0.6 is 0 Å². The molecule has 7 heteroatoms. The van der Waals surface area contributed by atoms with Crippen molar-refractivity contribution in [2.45, 2.75) is 6.92 Å². The zero-order valence-corrected chi connectivity index (χ0v) is 9.15. The first kappa shape index (κ1) is 12.5. The number of nitrogen functional groups attached to an aromatic ring is 1. The van der Waals surface area contributed by atoms with E-state index in [0.29, 0.717) is 5.95 Å². The molecular formula is C10H11N5O2. The lowest BCUT2D eigenvalue weighted by Gasteiger charge is -1.89. The molecule has 0 unspecified atom stereocenters. The minimum absolute atomic E-state index is 0.113. The van der Waals surface area contributed by atoms with Crippen LogP contribution in [0.25, 0.3) is 0 Å². The lowest BCUT2D eigenvalue weighted by Crippen LogP contribution is -1.93. The van der Waals surface area contributed by atoms with E-state index in [1.165, 1.54) is 12.3 Å². The minimum Gasteiger partial charge on any atom is -0.368 e. The van der Waals surface area contributed by atoms with E-state index >= 15 is 0 Å². The average Bonchev–Trinajstić information content (AvgIpc) is 2.30. The van der Waals surface area contributed by atoms with Crippen LogP contribution in [0.5, 0.6) is 0 Å². The van der Waals surface area contributed by atoms with Crippen LogP contribution < -0.4 is 5.73 Å². The van der Waals surface area contributed by atoms with E-state index in [2.05, 4.69) is 15.0 Å². The monoisotopic (exact) mass is 233 g/mol. The van der Waals surface area contributed by atoms with Gasteiger partial charge in [-0.25, -0.2) is 9.97 Å². The number of nitro groups is 1. The summed E-state index contributed by atoms with van der Waals surface area (Å²) < 4.78 is 0. The van der Waals surface area contributed by atoms with Gasteiger partial charge in [0.25, 0.3) is 0 Å². The fraction of sp³-hybridized carbons (Fsp3) is 0.100. The zero-order valence-electron chi connectivity index (χ0n) is 9.15. The van der Waals surface area contributed by atoms with Gasteiger partial charge < -0.3 is 15.8 Å². The second kappa shape index (κ2) is 6.11. The van der Waals surface area contributed by atoms with Crippen LogP contribution in [0.15, 0.2) is 36.7 Å². The summed E-state index contributed by atoms with van der Waals surface area (Å²) in [4.78, 5) is 20.4. The summed E-state index contributed by atoms with van der Waals surface area (Å²) >= 11 is 0. The largest absolute Gasteiger partial charge is 0.368 e. The molecule has 88 valence electrons. The Morgan fingerprint density at radius 1 is 1.24 bits per heavy atom. The third-order valence-corrected chi connectivity index (χ3v) is 1.65. The van der Waals surface area contributed by atoms with Gasteiger partial charge in [0.1, 0.15) is 6.20 Å². The van der Waals surface area contributed by atoms with E-state index in [-0.39, 0.29) is 5.82 Å². The Balaban J connectivity index is 0.000000171. The van der Waals surface area contributed by atoms with Crippen molar-refractivity contribution in [3.05, 3.63) is 52.5 Å². The maximum atomic E-state index is 9.94. The van der Waals surface area contributed by atoms with E-state index in [9.17, 15) is 10.1 Å². The van der Waals surface area contributed by atoms with Crippen LogP contribution in [-0.2, 0) is 0 Å². The molecule has 0 bridgehead atoms. The molecular weight excluding hydrogens is 222 g/mol. The van der Waals surface area contributed by atoms with E-state index in [0.717, 1.165) is 5.69 Å². The van der Waals surface area contributed by atoms with Gasteiger partial charge in [-0.2, -0.15) is 0 Å². The van der Waals surface area contributed by atoms with Crippen molar-refractivity contribution in [1.29, 1.82) is 0 Å². The molecule has 0 spiro atoms. The Morgan fingerprint density at radius 3 is 2.35 bits per heavy atom. The summed E-state index contributed by atoms with van der Waals surface area (Å²) in [5, 5.41) is 9.94. The number of nitrogens with two attached hydrogens (primary N) is 1. The normalized spacial score (nSPS) is 9.00. The van der Waals surface area contributed by atoms with Gasteiger partial charge in [-0.15, -0.1) is 0 Å². The Bertz CT molecular complexity index is 472. The standard InChI is InChI=1S/C5H7N3.C5H4N2O2/c1-4-2-3-7-5(6)8-4;8-7(9)5-3-1-2-4-6-5/h2-3H,1H3,(H2,6,7,8);1-4H. The first-order valence-electron chi connectivity index (χ1n) is 4.70. The third kappa shape index (κ3) is 4.65. The summed E-state index contributed by atoms with van der Waals surface area (Å²) in [6.07, 6.45) is 3.02. The van der Waals surface area contributed by atoms with Crippen molar-refractivity contribution in [3.8, 4) is 0 Å². The van der Waals surface area contributed by atoms with Crippen LogP contribution in [0.3, 0.4) is 0 Å². The highest BCUT2D eigenvalue weighted by Crippen LogP contribution is 2.01. The number of rotatable bonds is 1. The maximum Gasteiger partial charge on any atom is 0.363 e. The molecule has 0 aromatic carbocycles. The summed E-state index contributed by atoms with van der Waals surface area (Å²) in [5.41, 5.74) is 6.14. The molecule has 0 saturated carbocycles. The molecule has 0 saturated heterocycles. The van der Waals surface area contributed by atoms with Crippen LogP contribution in [0.2, 0.25) is 0 Å². The van der Waals surface area contributed by atoms with Crippen molar-refractivity contribution >= 4 is 11.8 Å². The van der Waals surface area contributed by atoms with Gasteiger partial charge in [0.15, 0.2) is 0 Å². The Morgan fingerprint density at radius 2 is 2.00 bits per heavy atom. The third-order valence-electron chi connectivity index (χ3n) is 1.65. The number of hydrogen-bond donors (Lipinski definition) is 1. The zero-order chi connectivity index (χ0) is 12.7. The van der Waals surface area contributed by atoms with Gasteiger partial charge in [0.2, 0.25) is 5.95 Å². The molecule has 0 atom stereocenters. The predicted octanol–water partition coefficient (Wildman–Crippen LogP) is 1.36. The molecule has 2 N–H and O–H groups in total. The molecule has 0 amide bonds. The van der Waals surface area contributed by atoms with Crippen molar-refractivity contribution < 1.29 is 4.92 Å². The first-order valence-corrected chi connectivity index (χ1v) is 4.70. The maximum absolute atomic E-state index is 9.94. The molecule has 17 heavy (non-hydrogen) atoms. The Labute approximate surface area is 97.5 Å². The summed E-state index contributed by atoms with van der Waals surface area (Å²) in [5.74, 6) is 0.225. The van der Waals surface area contributed by atoms with Crippen molar-refractivity contribution in [3.63, 3.8) is 0 Å². The number of aromatic nitrogens is 3. The van der Waals surface area contributed by atoms with Gasteiger partial charge in [-0.05, 0) is 29.0 Å². The lowest BCUT2D eigenvalue weighted by atomic mass is 10.5. The topological polar surface area (TPSA) is 108 Å². The quantitative estimate of drug-likeness (QED) is 0.588. The number of pyridine rings is 1. The second-order valence-corrected chi connectivity index (χ2v) is 3.00. The van der Waals surface area contributed by atoms with E-state index < -0.39 is 4.92 Å². The SMILES string of the molecule is Cc1ccnc(N)n1.O=[N+]([O-])c1ccccn1. The molecule has 2 heterocycles. The number of aryl methyl sites for hydroxylation is 1. The van der Waals surface area contributed by atoms with Crippen LogP contribution in [0.4, 0.5) is 11.8 Å². The second-order valence-electron chi connectivity index (χ2n) is 3.00. The Hall–Kier alpha value is -2.57. The van der Waals surface area contributed by atoms with Crippen molar-refractivity contribution in [2.75, 3.05) is 5.73 Å². The van der Waals surface area contributed by atoms with Gasteiger partial charge in [-0.3, -0.25) is 0 Å². The Kier molecular flexibility index (Phi) is 4.49. The molecule has 0 aliphatic carbocycles. The highest BCUT2D eigenvalue weighted by Gasteiger charge is 2.00. The number of hydrogen-bond acceptors (Lipinski definition) is 6. The van der Waals surface area contributed by atoms with Gasteiger partial charge >= 0.3 is 5.82 Å². The number of anilines is 1. The molecule has 0 aliphatic heterocycles. The fourth-order valence-electron chi connectivity index (χ4n) is 0.930. The molecule has 2 aromatic heterocycles. The highest BCUT2D eigenvalue weighted by molar-refractivity contribution is 5.16. The molecule has 0 fully saturated rings. The summed E-state index contributed by atoms with van der Waals surface area (Å²) in [7, 11) is 0. The van der Waals surface area contributed by atoms with E-state index in [4.69, 9.17) is 5.73 Å². The van der Waals surface area contributed by atoms with Crippen molar-refractivity contribution in [1.82, 2.24) is 15.0 Å². The smallest absolute Gasteiger partial charge is 0.363 e. The molecule has 0 aliphatic rings. The molecule has 7 nitrogen and oxygen atoms in total. The molecule has 2 aromatic rings. The number of nitrogens with zero attached hydrogens (tertiary/aromatic N) is 4. The first-order chi connectivity index (χ1) is 8.09. The lowest BCUT2D eigenvalue weighted by molar-refractivity contribution is -0.389. The minimum atomic E-state index is -0.528. The predicted molar refractivity (Wildman–Crippen MR) is 62.1 cm³/mol. The highest BCUT2D eigenvalue weighted by atomic mass is 16.6.